The third-order valence-corrected chi connectivity index (χ3v) is 9.10. The summed E-state index contributed by atoms with van der Waals surface area (Å²) in [7, 11) is 1.55. The Hall–Kier alpha value is -4.06. The molecule has 1 aromatic heterocycles. The van der Waals surface area contributed by atoms with E-state index in [0.29, 0.717) is 67.4 Å². The van der Waals surface area contributed by atoms with Crippen molar-refractivity contribution in [1.29, 1.82) is 0 Å². The van der Waals surface area contributed by atoms with Crippen LogP contribution < -0.4 is 33.8 Å². The molecule has 2 heterocycles. The van der Waals surface area contributed by atoms with E-state index >= 15 is 0 Å². The van der Waals surface area contributed by atoms with E-state index in [0.717, 1.165) is 10.0 Å². The predicted octanol–water partition coefficient (Wildman–Crippen LogP) is 6.99. The Morgan fingerprint density at radius 2 is 1.79 bits per heavy atom. The van der Waals surface area contributed by atoms with Crippen molar-refractivity contribution in [2.75, 3.05) is 20.3 Å². The molecule has 0 N–H and O–H groups in total. The summed E-state index contributed by atoms with van der Waals surface area (Å²) in [6.45, 7) is 10.0. The normalized spacial score (nSPS) is 14.4. The second-order valence-electron chi connectivity index (χ2n) is 11.1. The number of aromatic nitrogens is 1. The van der Waals surface area contributed by atoms with E-state index in [1.165, 1.54) is 15.9 Å². The molecule has 1 atom stereocenters. The van der Waals surface area contributed by atoms with Gasteiger partial charge in [-0.15, -0.1) is 0 Å². The minimum Gasteiger partial charge on any atom is -0.493 e. The number of esters is 1. The highest BCUT2D eigenvalue weighted by Crippen LogP contribution is 2.38. The summed E-state index contributed by atoms with van der Waals surface area (Å²) in [5, 5.41) is 0.339. The first-order valence-corrected chi connectivity index (χ1v) is 17.4. The Morgan fingerprint density at radius 1 is 1.04 bits per heavy atom. The lowest BCUT2D eigenvalue weighted by atomic mass is 9.95. The first-order chi connectivity index (χ1) is 23.0. The maximum Gasteiger partial charge on any atom is 0.338 e. The number of hydrogen-bond acceptors (Lipinski definition) is 9. The molecule has 0 aliphatic carbocycles. The number of halogens is 2. The molecule has 4 aromatic rings. The van der Waals surface area contributed by atoms with E-state index in [2.05, 4.69) is 20.9 Å². The number of ether oxygens (including phenoxy) is 5. The van der Waals surface area contributed by atoms with Crippen LogP contribution in [0.15, 0.2) is 80.1 Å². The first kappa shape index (κ1) is 35.3. The van der Waals surface area contributed by atoms with E-state index in [4.69, 9.17) is 35.3 Å². The van der Waals surface area contributed by atoms with Crippen molar-refractivity contribution in [2.24, 2.45) is 4.99 Å². The smallest absolute Gasteiger partial charge is 0.338 e. The summed E-state index contributed by atoms with van der Waals surface area (Å²) >= 11 is 11.4. The number of fused-ring (bicyclic) bond motifs is 1. The number of thiazole rings is 1. The van der Waals surface area contributed by atoms with E-state index in [-0.39, 0.29) is 23.8 Å². The second-order valence-corrected chi connectivity index (χ2v) is 13.4. The van der Waals surface area contributed by atoms with E-state index in [9.17, 15) is 9.59 Å². The van der Waals surface area contributed by atoms with Crippen LogP contribution in [0, 0.1) is 0 Å². The monoisotopic (exact) mass is 754 g/mol. The molecule has 0 saturated carbocycles. The Balaban J connectivity index is 1.60. The quantitative estimate of drug-likeness (QED) is 0.144. The van der Waals surface area contributed by atoms with Crippen LogP contribution in [-0.2, 0) is 16.1 Å². The summed E-state index contributed by atoms with van der Waals surface area (Å²) in [5.41, 5.74) is 2.64. The molecule has 0 unspecified atom stereocenters. The first-order valence-electron chi connectivity index (χ1n) is 15.4. The van der Waals surface area contributed by atoms with Gasteiger partial charge in [-0.1, -0.05) is 57.1 Å². The zero-order valence-electron chi connectivity index (χ0n) is 27.5. The molecule has 0 saturated heterocycles. The summed E-state index contributed by atoms with van der Waals surface area (Å²) < 4.78 is 31.9. The number of carbonyl (C=O) groups excluding carboxylic acids is 1. The summed E-state index contributed by atoms with van der Waals surface area (Å²) in [6.07, 6.45) is 1.65. The highest BCUT2D eigenvalue weighted by Gasteiger charge is 2.34. The molecule has 252 valence electrons. The zero-order valence-corrected chi connectivity index (χ0v) is 30.6. The molecule has 48 heavy (non-hydrogen) atoms. The molecule has 9 nitrogen and oxygen atoms in total. The van der Waals surface area contributed by atoms with Gasteiger partial charge in [0.15, 0.2) is 27.8 Å². The number of methoxy groups -OCH3 is 1. The molecule has 5 rings (SSSR count). The van der Waals surface area contributed by atoms with Crippen LogP contribution in [-0.4, -0.2) is 37.0 Å². The molecule has 0 spiro atoms. The van der Waals surface area contributed by atoms with Gasteiger partial charge in [0, 0.05) is 4.47 Å². The van der Waals surface area contributed by atoms with Gasteiger partial charge in [-0.05, 0) is 93.8 Å². The Bertz CT molecular complexity index is 2040. The summed E-state index contributed by atoms with van der Waals surface area (Å²) in [4.78, 5) is 32.7. The highest BCUT2D eigenvalue weighted by atomic mass is 79.9. The number of allylic oxidation sites excluding steroid dienone is 1. The van der Waals surface area contributed by atoms with Crippen LogP contribution in [0.25, 0.3) is 6.08 Å². The Kier molecular flexibility index (Phi) is 11.3. The Morgan fingerprint density at radius 3 is 2.46 bits per heavy atom. The average molecular weight is 756 g/mol. The fourth-order valence-electron chi connectivity index (χ4n) is 5.27. The van der Waals surface area contributed by atoms with Gasteiger partial charge >= 0.3 is 5.97 Å². The van der Waals surface area contributed by atoms with Crippen molar-refractivity contribution < 1.29 is 28.5 Å². The van der Waals surface area contributed by atoms with Crippen molar-refractivity contribution >= 4 is 50.9 Å². The highest BCUT2D eigenvalue weighted by molar-refractivity contribution is 9.10. The van der Waals surface area contributed by atoms with Crippen molar-refractivity contribution in [3.8, 4) is 23.0 Å². The van der Waals surface area contributed by atoms with Crippen molar-refractivity contribution in [1.82, 2.24) is 4.57 Å². The van der Waals surface area contributed by atoms with Crippen LogP contribution in [0.5, 0.6) is 23.0 Å². The predicted molar refractivity (Wildman–Crippen MR) is 190 cm³/mol. The van der Waals surface area contributed by atoms with Crippen molar-refractivity contribution in [3.63, 3.8) is 0 Å². The fourth-order valence-corrected chi connectivity index (χ4v) is 6.86. The molecule has 0 amide bonds. The molecule has 1 aliphatic rings. The fraction of sp³-hybridized carbons (Fsp3) is 0.306. The summed E-state index contributed by atoms with van der Waals surface area (Å²) in [5.74, 6) is 1.34. The van der Waals surface area contributed by atoms with E-state index in [1.807, 2.05) is 51.1 Å². The molecule has 12 heteroatoms. The van der Waals surface area contributed by atoms with Crippen LogP contribution in [0.4, 0.5) is 0 Å². The maximum atomic E-state index is 14.2. The number of benzene rings is 3. The van der Waals surface area contributed by atoms with Crippen molar-refractivity contribution in [3.05, 3.63) is 112 Å². The maximum absolute atomic E-state index is 14.2. The van der Waals surface area contributed by atoms with Gasteiger partial charge in [0.05, 0.1) is 53.3 Å². The number of carbonyl (C=O) groups is 1. The number of hydrogen-bond donors (Lipinski definition) is 0. The van der Waals surface area contributed by atoms with E-state index in [1.54, 1.807) is 51.3 Å². The number of nitrogens with zero attached hydrogens (tertiary/aromatic N) is 2. The molecule has 0 bridgehead atoms. The average Bonchev–Trinajstić information content (AvgIpc) is 3.34. The Labute approximate surface area is 296 Å². The lowest BCUT2D eigenvalue weighted by Gasteiger charge is -2.25. The topological polar surface area (TPSA) is 97.6 Å². The van der Waals surface area contributed by atoms with Gasteiger partial charge in [-0.3, -0.25) is 9.36 Å². The van der Waals surface area contributed by atoms with Crippen LogP contribution in [0.3, 0.4) is 0 Å². The molecule has 3 aromatic carbocycles. The van der Waals surface area contributed by atoms with Gasteiger partial charge < -0.3 is 23.7 Å². The molecule has 1 aliphatic heterocycles. The third-order valence-electron chi connectivity index (χ3n) is 7.31. The van der Waals surface area contributed by atoms with E-state index < -0.39 is 12.0 Å². The lowest BCUT2D eigenvalue weighted by molar-refractivity contribution is -0.139. The lowest BCUT2D eigenvalue weighted by Crippen LogP contribution is -2.40. The van der Waals surface area contributed by atoms with Crippen LogP contribution in [0.1, 0.15) is 57.4 Å². The number of rotatable bonds is 12. The summed E-state index contributed by atoms with van der Waals surface area (Å²) in [6, 6.07) is 15.9. The van der Waals surface area contributed by atoms with Crippen molar-refractivity contribution in [2.45, 2.75) is 53.4 Å². The van der Waals surface area contributed by atoms with Gasteiger partial charge in [0.25, 0.3) is 5.56 Å². The van der Waals surface area contributed by atoms with Crippen LogP contribution >= 0.6 is 38.9 Å². The zero-order chi connectivity index (χ0) is 34.5. The molecular formula is C36H36BrClN2O7S. The third kappa shape index (κ3) is 7.64. The van der Waals surface area contributed by atoms with Gasteiger partial charge in [-0.25, -0.2) is 9.79 Å². The molecular weight excluding hydrogens is 720 g/mol. The van der Waals surface area contributed by atoms with Gasteiger partial charge in [-0.2, -0.15) is 0 Å². The van der Waals surface area contributed by atoms with Crippen LogP contribution in [0.2, 0.25) is 5.02 Å². The standard InChI is InChI=1S/C36H36BrClN2O7S/c1-7-44-29-16-23(15-26(38)33(29)46-19-22-9-12-25(37)13-10-22)17-30-34(41)40-32(24-11-14-27(47-20(3)4)28(18-24)43-6)31(35(42)45-8-2)21(5)39-36(40)48-30/h9-18,20,32H,7-8,19H2,1-6H3/b30-17-/t32-/m1/s1. The minimum absolute atomic E-state index is 0.0800. The SMILES string of the molecule is CCOC(=O)C1=C(C)N=c2s/c(=C\c3cc(Cl)c(OCc4ccc(Br)cc4)c(OCC)c3)c(=O)n2[C@@H]1c1ccc(OC(C)C)c(OC)c1. The molecule has 0 radical (unpaired) electrons. The minimum atomic E-state index is -0.818. The van der Waals surface area contributed by atoms with Gasteiger partial charge in [0.1, 0.15) is 6.61 Å². The largest absolute Gasteiger partial charge is 0.493 e. The molecule has 0 fully saturated rings. The van der Waals surface area contributed by atoms with Gasteiger partial charge in [0.2, 0.25) is 0 Å². The second kappa shape index (κ2) is 15.4.